The number of aromatic hydroxyl groups is 1. The topological polar surface area (TPSA) is 95.3 Å². The Kier molecular flexibility index (Phi) is 3.67. The molecule has 0 fully saturated rings. The van der Waals surface area contributed by atoms with Crippen molar-refractivity contribution in [1.29, 1.82) is 5.41 Å². The highest BCUT2D eigenvalue weighted by Crippen LogP contribution is 2.08. The average Bonchev–Trinajstić information content (AvgIpc) is 2.15. The minimum absolute atomic E-state index is 0.00109. The summed E-state index contributed by atoms with van der Waals surface area (Å²) in [4.78, 5) is 15.1. The molecule has 1 rings (SSSR count). The van der Waals surface area contributed by atoms with Crippen LogP contribution in [0.1, 0.15) is 26.5 Å². The molecule has 0 unspecified atom stereocenters. The number of carbonyl (C=O) groups is 1. The van der Waals surface area contributed by atoms with E-state index in [0.717, 1.165) is 0 Å². The molecule has 1 heterocycles. The fraction of sp³-hybridized carbons (Fsp3) is 0.364. The van der Waals surface area contributed by atoms with Crippen LogP contribution >= 0.6 is 0 Å². The number of pyridine rings is 1. The molecule has 0 spiro atoms. The number of aromatic nitrogens is 1. The van der Waals surface area contributed by atoms with Crippen molar-refractivity contribution in [3.8, 4) is 5.75 Å². The van der Waals surface area contributed by atoms with E-state index in [2.05, 4.69) is 10.3 Å². The second-order valence-corrected chi connectivity index (χ2v) is 4.40. The average molecular weight is 237 g/mol. The van der Waals surface area contributed by atoms with Gasteiger partial charge >= 0.3 is 6.09 Å². The maximum Gasteiger partial charge on any atom is 0.413 e. The highest BCUT2D eigenvalue weighted by molar-refractivity contribution is 6.03. The van der Waals surface area contributed by atoms with Crippen molar-refractivity contribution in [2.24, 2.45) is 0 Å². The summed E-state index contributed by atoms with van der Waals surface area (Å²) in [6.45, 7) is 5.19. The molecule has 17 heavy (non-hydrogen) atoms. The molecule has 1 aromatic rings. The Labute approximate surface area is 99.1 Å². The predicted molar refractivity (Wildman–Crippen MR) is 62.1 cm³/mol. The van der Waals surface area contributed by atoms with Crippen LogP contribution in [0.4, 0.5) is 4.79 Å². The van der Waals surface area contributed by atoms with Gasteiger partial charge in [0.05, 0.1) is 6.20 Å². The fourth-order valence-corrected chi connectivity index (χ4v) is 1.00. The Bertz CT molecular complexity index is 421. The Balaban J connectivity index is 2.61. The summed E-state index contributed by atoms with van der Waals surface area (Å²) in [6.07, 6.45) is 0.484. The van der Waals surface area contributed by atoms with Gasteiger partial charge in [-0.15, -0.1) is 0 Å². The van der Waals surface area contributed by atoms with Gasteiger partial charge in [-0.1, -0.05) is 0 Å². The molecule has 0 saturated carbocycles. The van der Waals surface area contributed by atoms with Crippen LogP contribution in [0.5, 0.6) is 5.75 Å². The van der Waals surface area contributed by atoms with Crippen molar-refractivity contribution in [3.63, 3.8) is 0 Å². The standard InChI is InChI=1S/C11H15N3O3/c1-11(2,3)17-10(16)14-9(12)8-5-4-7(15)6-13-8/h4-6,15H,1-3H3,(H2,12,14,16). The number of carbonyl (C=O) groups excluding carboxylic acids is 1. The molecule has 0 saturated heterocycles. The summed E-state index contributed by atoms with van der Waals surface area (Å²) in [6, 6.07) is 2.81. The van der Waals surface area contributed by atoms with Crippen molar-refractivity contribution in [3.05, 3.63) is 24.0 Å². The maximum absolute atomic E-state index is 11.4. The van der Waals surface area contributed by atoms with Gasteiger partial charge in [-0.05, 0) is 32.9 Å². The van der Waals surface area contributed by atoms with Crippen LogP contribution in [-0.4, -0.2) is 27.6 Å². The third-order valence-corrected chi connectivity index (χ3v) is 1.63. The van der Waals surface area contributed by atoms with E-state index in [4.69, 9.17) is 15.3 Å². The van der Waals surface area contributed by atoms with E-state index in [0.29, 0.717) is 0 Å². The van der Waals surface area contributed by atoms with Crippen molar-refractivity contribution in [1.82, 2.24) is 10.3 Å². The van der Waals surface area contributed by atoms with Gasteiger partial charge in [0.2, 0.25) is 0 Å². The maximum atomic E-state index is 11.4. The number of nitrogens with zero attached hydrogens (tertiary/aromatic N) is 1. The molecular formula is C11H15N3O3. The Hall–Kier alpha value is -2.11. The van der Waals surface area contributed by atoms with E-state index in [-0.39, 0.29) is 17.3 Å². The first kappa shape index (κ1) is 13.0. The molecule has 1 amide bonds. The SMILES string of the molecule is CC(C)(C)OC(=O)NC(=N)c1ccc(O)cn1. The van der Waals surface area contributed by atoms with Crippen LogP contribution < -0.4 is 5.32 Å². The molecule has 92 valence electrons. The van der Waals surface area contributed by atoms with Gasteiger partial charge in [-0.3, -0.25) is 10.7 Å². The van der Waals surface area contributed by atoms with E-state index in [1.165, 1.54) is 18.3 Å². The number of amidine groups is 1. The first-order valence-corrected chi connectivity index (χ1v) is 5.02. The second kappa shape index (κ2) is 4.82. The van der Waals surface area contributed by atoms with Crippen LogP contribution in [0, 0.1) is 5.41 Å². The quantitative estimate of drug-likeness (QED) is 0.511. The van der Waals surface area contributed by atoms with Crippen LogP contribution in [0.15, 0.2) is 18.3 Å². The third kappa shape index (κ3) is 4.50. The molecule has 0 aromatic carbocycles. The molecule has 0 aliphatic heterocycles. The zero-order chi connectivity index (χ0) is 13.1. The monoisotopic (exact) mass is 237 g/mol. The Morgan fingerprint density at radius 1 is 1.47 bits per heavy atom. The molecule has 0 aliphatic carbocycles. The molecule has 6 nitrogen and oxygen atoms in total. The van der Waals surface area contributed by atoms with Gasteiger partial charge in [-0.2, -0.15) is 0 Å². The minimum atomic E-state index is -0.711. The van der Waals surface area contributed by atoms with E-state index >= 15 is 0 Å². The lowest BCUT2D eigenvalue weighted by Crippen LogP contribution is -2.36. The first-order valence-electron chi connectivity index (χ1n) is 5.02. The highest BCUT2D eigenvalue weighted by Gasteiger charge is 2.17. The third-order valence-electron chi connectivity index (χ3n) is 1.63. The molecule has 0 bridgehead atoms. The van der Waals surface area contributed by atoms with Gasteiger partial charge in [0.1, 0.15) is 17.0 Å². The Morgan fingerprint density at radius 3 is 2.59 bits per heavy atom. The number of rotatable bonds is 1. The van der Waals surface area contributed by atoms with Crippen LogP contribution in [0.3, 0.4) is 0 Å². The molecule has 1 aromatic heterocycles. The Morgan fingerprint density at radius 2 is 2.12 bits per heavy atom. The smallest absolute Gasteiger partial charge is 0.413 e. The molecule has 0 atom stereocenters. The van der Waals surface area contributed by atoms with Crippen molar-refractivity contribution in [2.75, 3.05) is 0 Å². The summed E-state index contributed by atoms with van der Waals surface area (Å²) in [5, 5.41) is 18.9. The van der Waals surface area contributed by atoms with Crippen LogP contribution in [0.25, 0.3) is 0 Å². The molecule has 6 heteroatoms. The highest BCUT2D eigenvalue weighted by atomic mass is 16.6. The summed E-state index contributed by atoms with van der Waals surface area (Å²) >= 11 is 0. The number of hydrogen-bond acceptors (Lipinski definition) is 5. The summed E-state index contributed by atoms with van der Waals surface area (Å²) < 4.78 is 4.99. The van der Waals surface area contributed by atoms with Gasteiger partial charge in [0.15, 0.2) is 5.84 Å². The molecular weight excluding hydrogens is 222 g/mol. The number of nitrogens with one attached hydrogen (secondary N) is 2. The molecule has 0 radical (unpaired) electrons. The largest absolute Gasteiger partial charge is 0.506 e. The van der Waals surface area contributed by atoms with Crippen molar-refractivity contribution in [2.45, 2.75) is 26.4 Å². The lowest BCUT2D eigenvalue weighted by molar-refractivity contribution is 0.0563. The lowest BCUT2D eigenvalue weighted by Gasteiger charge is -2.19. The summed E-state index contributed by atoms with van der Waals surface area (Å²) in [5.41, 5.74) is -0.374. The fourth-order valence-electron chi connectivity index (χ4n) is 1.00. The van der Waals surface area contributed by atoms with E-state index in [1.54, 1.807) is 20.8 Å². The number of alkyl carbamates (subject to hydrolysis) is 1. The van der Waals surface area contributed by atoms with Crippen LogP contribution in [-0.2, 0) is 4.74 Å². The van der Waals surface area contributed by atoms with Crippen LogP contribution in [0.2, 0.25) is 0 Å². The number of hydrogen-bond donors (Lipinski definition) is 3. The van der Waals surface area contributed by atoms with Crippen molar-refractivity contribution < 1.29 is 14.6 Å². The second-order valence-electron chi connectivity index (χ2n) is 4.40. The zero-order valence-electron chi connectivity index (χ0n) is 9.94. The first-order chi connectivity index (χ1) is 7.78. The van der Waals surface area contributed by atoms with Gasteiger partial charge in [0.25, 0.3) is 0 Å². The zero-order valence-corrected chi connectivity index (χ0v) is 9.94. The predicted octanol–water partition coefficient (Wildman–Crippen LogP) is 1.64. The van der Waals surface area contributed by atoms with Gasteiger partial charge in [0, 0.05) is 0 Å². The normalized spacial score (nSPS) is 10.8. The molecule has 0 aliphatic rings. The van der Waals surface area contributed by atoms with E-state index < -0.39 is 11.7 Å². The van der Waals surface area contributed by atoms with E-state index in [9.17, 15) is 4.79 Å². The van der Waals surface area contributed by atoms with Crippen molar-refractivity contribution >= 4 is 11.9 Å². The van der Waals surface area contributed by atoms with Gasteiger partial charge < -0.3 is 9.84 Å². The minimum Gasteiger partial charge on any atom is -0.506 e. The summed E-state index contributed by atoms with van der Waals surface area (Å²) in [5.74, 6) is -0.182. The number of ether oxygens (including phenoxy) is 1. The van der Waals surface area contributed by atoms with E-state index in [1.807, 2.05) is 0 Å². The molecule has 3 N–H and O–H groups in total. The number of amides is 1. The lowest BCUT2D eigenvalue weighted by atomic mass is 10.2. The summed E-state index contributed by atoms with van der Waals surface area (Å²) in [7, 11) is 0. The van der Waals surface area contributed by atoms with Gasteiger partial charge in [-0.25, -0.2) is 9.78 Å².